The Morgan fingerprint density at radius 2 is 1.84 bits per heavy atom. The number of ketones is 1. The van der Waals surface area contributed by atoms with Crippen LogP contribution in [0.3, 0.4) is 0 Å². The van der Waals surface area contributed by atoms with Crippen LogP contribution in [0.25, 0.3) is 5.76 Å². The first kappa shape index (κ1) is 22.6. The van der Waals surface area contributed by atoms with E-state index in [2.05, 4.69) is 4.90 Å². The number of carbonyl (C=O) groups is 2. The molecular formula is C24H30N2O5. The van der Waals surface area contributed by atoms with Crippen LogP contribution >= 0.6 is 0 Å². The van der Waals surface area contributed by atoms with Gasteiger partial charge in [0.2, 0.25) is 0 Å². The molecule has 1 aromatic carbocycles. The SMILES string of the molecule is CCN(CC)CCN1C(=O)C(=O)/C(=C(/O)c2ccc(OC(C)C)cc2)[C@@H]1c1ccco1. The van der Waals surface area contributed by atoms with Crippen molar-refractivity contribution in [3.05, 3.63) is 59.6 Å². The van der Waals surface area contributed by atoms with E-state index in [0.29, 0.717) is 30.2 Å². The van der Waals surface area contributed by atoms with Crippen molar-refractivity contribution in [2.75, 3.05) is 26.2 Å². The van der Waals surface area contributed by atoms with E-state index in [9.17, 15) is 14.7 Å². The maximum atomic E-state index is 12.9. The number of nitrogens with zero attached hydrogens (tertiary/aromatic N) is 2. The molecule has 1 atom stereocenters. The van der Waals surface area contributed by atoms with Gasteiger partial charge in [0.25, 0.3) is 11.7 Å². The quantitative estimate of drug-likeness (QED) is 0.373. The number of furan rings is 1. The van der Waals surface area contributed by atoms with Crippen molar-refractivity contribution in [3.8, 4) is 5.75 Å². The maximum Gasteiger partial charge on any atom is 0.295 e. The summed E-state index contributed by atoms with van der Waals surface area (Å²) in [5.41, 5.74) is 0.478. The van der Waals surface area contributed by atoms with E-state index in [0.717, 1.165) is 13.1 Å². The van der Waals surface area contributed by atoms with Crippen molar-refractivity contribution in [1.29, 1.82) is 0 Å². The van der Waals surface area contributed by atoms with Crippen LogP contribution in [0.2, 0.25) is 0 Å². The molecule has 7 nitrogen and oxygen atoms in total. The van der Waals surface area contributed by atoms with Gasteiger partial charge in [-0.05, 0) is 63.3 Å². The van der Waals surface area contributed by atoms with Crippen molar-refractivity contribution in [1.82, 2.24) is 9.80 Å². The summed E-state index contributed by atoms with van der Waals surface area (Å²) in [5, 5.41) is 11.0. The van der Waals surface area contributed by atoms with Crippen molar-refractivity contribution >= 4 is 17.4 Å². The molecule has 0 bridgehead atoms. The van der Waals surface area contributed by atoms with Crippen LogP contribution in [0.5, 0.6) is 5.75 Å². The van der Waals surface area contributed by atoms with E-state index < -0.39 is 17.7 Å². The number of hydrogen-bond donors (Lipinski definition) is 1. The summed E-state index contributed by atoms with van der Waals surface area (Å²) in [4.78, 5) is 29.5. The lowest BCUT2D eigenvalue weighted by molar-refractivity contribution is -0.140. The fourth-order valence-corrected chi connectivity index (χ4v) is 3.76. The van der Waals surface area contributed by atoms with Crippen molar-refractivity contribution in [3.63, 3.8) is 0 Å². The number of likely N-dealkylation sites (tertiary alicyclic amines) is 1. The molecule has 7 heteroatoms. The van der Waals surface area contributed by atoms with Crippen LogP contribution in [0, 0.1) is 0 Å². The normalized spacial score (nSPS) is 18.4. The first-order chi connectivity index (χ1) is 14.9. The van der Waals surface area contributed by atoms with Crippen molar-refractivity contribution in [2.24, 2.45) is 0 Å². The van der Waals surface area contributed by atoms with Gasteiger partial charge in [0.1, 0.15) is 23.3 Å². The molecule has 0 unspecified atom stereocenters. The predicted molar refractivity (Wildman–Crippen MR) is 118 cm³/mol. The fraction of sp³-hybridized carbons (Fsp3) is 0.417. The van der Waals surface area contributed by atoms with E-state index in [1.54, 1.807) is 36.4 Å². The molecule has 1 aliphatic rings. The zero-order valence-electron chi connectivity index (χ0n) is 18.5. The van der Waals surface area contributed by atoms with Gasteiger partial charge < -0.3 is 24.1 Å². The lowest BCUT2D eigenvalue weighted by atomic mass is 9.99. The molecule has 0 aliphatic carbocycles. The Kier molecular flexibility index (Phi) is 7.17. The number of aliphatic hydroxyl groups excluding tert-OH is 1. The Hall–Kier alpha value is -3.06. The lowest BCUT2D eigenvalue weighted by Crippen LogP contribution is -2.37. The summed E-state index contributed by atoms with van der Waals surface area (Å²) < 4.78 is 11.2. The topological polar surface area (TPSA) is 83.2 Å². The zero-order valence-corrected chi connectivity index (χ0v) is 18.5. The number of Topliss-reactive ketones (excluding diaryl/α,β-unsaturated/α-hetero) is 1. The highest BCUT2D eigenvalue weighted by Gasteiger charge is 2.47. The van der Waals surface area contributed by atoms with E-state index >= 15 is 0 Å². The van der Waals surface area contributed by atoms with E-state index in [4.69, 9.17) is 9.15 Å². The summed E-state index contributed by atoms with van der Waals surface area (Å²) >= 11 is 0. The van der Waals surface area contributed by atoms with Gasteiger partial charge in [0.15, 0.2) is 0 Å². The third-order valence-electron chi connectivity index (χ3n) is 5.40. The van der Waals surface area contributed by atoms with Gasteiger partial charge in [-0.1, -0.05) is 13.8 Å². The molecule has 31 heavy (non-hydrogen) atoms. The summed E-state index contributed by atoms with van der Waals surface area (Å²) in [5.74, 6) is -0.453. The van der Waals surface area contributed by atoms with Crippen LogP contribution in [0.15, 0.2) is 52.7 Å². The molecule has 3 rings (SSSR count). The highest BCUT2D eigenvalue weighted by atomic mass is 16.5. The standard InChI is InChI=1S/C24H30N2O5/c1-5-25(6-2)13-14-26-21(19-8-7-15-30-19)20(23(28)24(26)29)22(27)17-9-11-18(12-10-17)31-16(3)4/h7-12,15-16,21,27H,5-6,13-14H2,1-4H3/b22-20+/t21-/m0/s1. The molecule has 1 amide bonds. The molecular weight excluding hydrogens is 396 g/mol. The number of carbonyl (C=O) groups excluding carboxylic acids is 2. The third-order valence-corrected chi connectivity index (χ3v) is 5.40. The summed E-state index contributed by atoms with van der Waals surface area (Å²) in [7, 11) is 0. The number of aliphatic hydroxyl groups is 1. The number of amides is 1. The Labute approximate surface area is 182 Å². The molecule has 0 radical (unpaired) electrons. The van der Waals surface area contributed by atoms with Gasteiger partial charge in [-0.3, -0.25) is 9.59 Å². The van der Waals surface area contributed by atoms with E-state index in [-0.39, 0.29) is 17.4 Å². The average Bonchev–Trinajstić information content (AvgIpc) is 3.36. The van der Waals surface area contributed by atoms with Gasteiger partial charge in [-0.25, -0.2) is 0 Å². The van der Waals surface area contributed by atoms with Crippen LogP contribution in [0.1, 0.15) is 45.1 Å². The first-order valence-corrected chi connectivity index (χ1v) is 10.7. The number of hydrogen-bond acceptors (Lipinski definition) is 6. The van der Waals surface area contributed by atoms with Crippen LogP contribution < -0.4 is 4.74 Å². The van der Waals surface area contributed by atoms with Crippen LogP contribution in [-0.4, -0.2) is 58.9 Å². The molecule has 2 aromatic rings. The van der Waals surface area contributed by atoms with Gasteiger partial charge in [0, 0.05) is 18.7 Å². The molecule has 0 saturated carbocycles. The Balaban J connectivity index is 1.98. The predicted octanol–water partition coefficient (Wildman–Crippen LogP) is 3.83. The number of ether oxygens (including phenoxy) is 1. The first-order valence-electron chi connectivity index (χ1n) is 10.7. The summed E-state index contributed by atoms with van der Waals surface area (Å²) in [6.45, 7) is 10.6. The Morgan fingerprint density at radius 1 is 1.16 bits per heavy atom. The minimum Gasteiger partial charge on any atom is -0.507 e. The average molecular weight is 427 g/mol. The van der Waals surface area contributed by atoms with Crippen LogP contribution in [-0.2, 0) is 9.59 Å². The van der Waals surface area contributed by atoms with Crippen LogP contribution in [0.4, 0.5) is 0 Å². The highest BCUT2D eigenvalue weighted by molar-refractivity contribution is 6.46. The molecule has 0 spiro atoms. The number of likely N-dealkylation sites (N-methyl/N-ethyl adjacent to an activating group) is 1. The summed E-state index contributed by atoms with van der Waals surface area (Å²) in [6.07, 6.45) is 1.52. The van der Waals surface area contributed by atoms with Gasteiger partial charge in [-0.15, -0.1) is 0 Å². The van der Waals surface area contributed by atoms with Gasteiger partial charge in [0.05, 0.1) is 17.9 Å². The Morgan fingerprint density at radius 3 is 2.39 bits per heavy atom. The van der Waals surface area contributed by atoms with E-state index in [1.807, 2.05) is 27.7 Å². The molecule has 2 heterocycles. The highest BCUT2D eigenvalue weighted by Crippen LogP contribution is 2.39. The minimum absolute atomic E-state index is 0.0227. The number of rotatable bonds is 9. The largest absolute Gasteiger partial charge is 0.507 e. The third kappa shape index (κ3) is 4.82. The molecule has 166 valence electrons. The second kappa shape index (κ2) is 9.83. The minimum atomic E-state index is -0.767. The lowest BCUT2D eigenvalue weighted by Gasteiger charge is -2.26. The van der Waals surface area contributed by atoms with Gasteiger partial charge >= 0.3 is 0 Å². The molecule has 1 aliphatic heterocycles. The zero-order chi connectivity index (χ0) is 22.5. The second-order valence-electron chi connectivity index (χ2n) is 7.73. The summed E-state index contributed by atoms with van der Waals surface area (Å²) in [6, 6.07) is 9.47. The fourth-order valence-electron chi connectivity index (χ4n) is 3.76. The molecule has 1 saturated heterocycles. The molecule has 1 aromatic heterocycles. The molecule has 1 N–H and O–H groups in total. The van der Waals surface area contributed by atoms with Crippen molar-refractivity contribution < 1.29 is 23.8 Å². The second-order valence-corrected chi connectivity index (χ2v) is 7.73. The smallest absolute Gasteiger partial charge is 0.295 e. The monoisotopic (exact) mass is 426 g/mol. The molecule has 1 fully saturated rings. The Bertz CT molecular complexity index is 927. The van der Waals surface area contributed by atoms with Crippen molar-refractivity contribution in [2.45, 2.75) is 39.8 Å². The maximum absolute atomic E-state index is 12.9. The number of benzene rings is 1. The van der Waals surface area contributed by atoms with Gasteiger partial charge in [-0.2, -0.15) is 0 Å². The van der Waals surface area contributed by atoms with E-state index in [1.165, 1.54) is 11.2 Å².